The Balaban J connectivity index is 0.00000135. The van der Waals surface area contributed by atoms with Crippen molar-refractivity contribution in [2.75, 3.05) is 0 Å². The average Bonchev–Trinajstić information content (AvgIpc) is 3.30. The van der Waals surface area contributed by atoms with Gasteiger partial charge in [0.1, 0.15) is 0 Å². The number of fused-ring (bicyclic) bond motifs is 4. The Morgan fingerprint density at radius 1 is 0.436 bits per heavy atom. The van der Waals surface area contributed by atoms with Gasteiger partial charge >= 0.3 is 0 Å². The fourth-order valence-corrected chi connectivity index (χ4v) is 6.02. The van der Waals surface area contributed by atoms with E-state index in [9.17, 15) is 0 Å². The first-order valence-electron chi connectivity index (χ1n) is 13.9. The molecular weight excluding hydrogens is 470 g/mol. The second-order valence-corrected chi connectivity index (χ2v) is 9.83. The first kappa shape index (κ1) is 24.7. The molecule has 0 aliphatic heterocycles. The van der Waals surface area contributed by atoms with Crippen molar-refractivity contribution in [2.45, 2.75) is 27.7 Å². The minimum atomic E-state index is 1.18. The summed E-state index contributed by atoms with van der Waals surface area (Å²) in [5.41, 5.74) is 10.1. The van der Waals surface area contributed by atoms with Crippen molar-refractivity contribution in [3.8, 4) is 28.1 Å². The molecule has 0 spiro atoms. The number of benzene rings is 6. The lowest BCUT2D eigenvalue weighted by Crippen LogP contribution is -2.00. The predicted octanol–water partition coefficient (Wildman–Crippen LogP) is 10.9. The second kappa shape index (κ2) is 10.3. The molecule has 0 bridgehead atoms. The van der Waals surface area contributed by atoms with Crippen molar-refractivity contribution in [3.63, 3.8) is 0 Å². The third-order valence-corrected chi connectivity index (χ3v) is 7.77. The molecule has 0 saturated carbocycles. The molecule has 7 aromatic rings. The van der Waals surface area contributed by atoms with Gasteiger partial charge in [-0.1, -0.05) is 117 Å². The lowest BCUT2D eigenvalue weighted by molar-refractivity contribution is 1.13. The van der Waals surface area contributed by atoms with E-state index >= 15 is 0 Å². The highest BCUT2D eigenvalue weighted by molar-refractivity contribution is 6.16. The summed E-state index contributed by atoms with van der Waals surface area (Å²) >= 11 is 0. The third kappa shape index (κ3) is 4.02. The molecule has 0 radical (unpaired) electrons. The zero-order chi connectivity index (χ0) is 26.9. The first-order valence-corrected chi connectivity index (χ1v) is 13.9. The molecule has 1 heteroatoms. The maximum atomic E-state index is 2.46. The maximum absolute atomic E-state index is 2.46. The maximum Gasteiger partial charge on any atom is 0.0579 e. The van der Waals surface area contributed by atoms with Crippen molar-refractivity contribution >= 4 is 32.4 Å². The van der Waals surface area contributed by atoms with E-state index in [4.69, 9.17) is 0 Å². The number of aromatic nitrogens is 1. The van der Waals surface area contributed by atoms with Gasteiger partial charge in [-0.25, -0.2) is 0 Å². The topological polar surface area (TPSA) is 4.93 Å². The van der Waals surface area contributed by atoms with Crippen molar-refractivity contribution in [3.05, 3.63) is 139 Å². The molecule has 6 aromatic carbocycles. The number of rotatable bonds is 3. The molecular formula is C38H33N. The summed E-state index contributed by atoms with van der Waals surface area (Å²) in [6.07, 6.45) is 0. The molecule has 1 aromatic heterocycles. The van der Waals surface area contributed by atoms with Crippen LogP contribution in [0.25, 0.3) is 60.5 Å². The van der Waals surface area contributed by atoms with Crippen LogP contribution in [-0.2, 0) is 0 Å². The number of hydrogen-bond acceptors (Lipinski definition) is 0. The van der Waals surface area contributed by atoms with E-state index < -0.39 is 0 Å². The van der Waals surface area contributed by atoms with Gasteiger partial charge in [-0.2, -0.15) is 0 Å². The monoisotopic (exact) mass is 503 g/mol. The van der Waals surface area contributed by atoms with E-state index in [1.165, 1.54) is 71.6 Å². The Hall–Kier alpha value is -4.62. The molecule has 0 N–H and O–H groups in total. The number of para-hydroxylation sites is 1. The largest absolute Gasteiger partial charge is 0.309 e. The summed E-state index contributed by atoms with van der Waals surface area (Å²) in [4.78, 5) is 0. The molecule has 39 heavy (non-hydrogen) atoms. The van der Waals surface area contributed by atoms with Crippen LogP contribution in [0.5, 0.6) is 0 Å². The van der Waals surface area contributed by atoms with Crippen LogP contribution in [0.1, 0.15) is 25.0 Å². The molecule has 0 aliphatic rings. The Morgan fingerprint density at radius 3 is 1.64 bits per heavy atom. The highest BCUT2D eigenvalue weighted by atomic mass is 15.0. The van der Waals surface area contributed by atoms with Gasteiger partial charge in [-0.3, -0.25) is 0 Å². The highest BCUT2D eigenvalue weighted by Crippen LogP contribution is 2.44. The Bertz CT molecular complexity index is 1930. The van der Waals surface area contributed by atoms with Gasteiger partial charge < -0.3 is 4.57 Å². The van der Waals surface area contributed by atoms with E-state index in [0.29, 0.717) is 0 Å². The van der Waals surface area contributed by atoms with Crippen molar-refractivity contribution in [1.82, 2.24) is 4.57 Å². The Kier molecular flexibility index (Phi) is 6.50. The number of hydrogen-bond donors (Lipinski definition) is 0. The second-order valence-electron chi connectivity index (χ2n) is 9.83. The summed E-state index contributed by atoms with van der Waals surface area (Å²) < 4.78 is 2.46. The van der Waals surface area contributed by atoms with Gasteiger partial charge in [0.15, 0.2) is 0 Å². The summed E-state index contributed by atoms with van der Waals surface area (Å²) in [7, 11) is 0. The van der Waals surface area contributed by atoms with Gasteiger partial charge in [0.2, 0.25) is 0 Å². The van der Waals surface area contributed by atoms with Crippen LogP contribution in [0.4, 0.5) is 0 Å². The van der Waals surface area contributed by atoms with Gasteiger partial charge in [0.25, 0.3) is 0 Å². The van der Waals surface area contributed by atoms with Crippen molar-refractivity contribution in [2.24, 2.45) is 0 Å². The number of aryl methyl sites for hydroxylation is 2. The van der Waals surface area contributed by atoms with Crippen LogP contribution in [0.3, 0.4) is 0 Å². The van der Waals surface area contributed by atoms with Crippen LogP contribution in [0, 0.1) is 13.8 Å². The van der Waals surface area contributed by atoms with E-state index in [1.807, 2.05) is 13.8 Å². The molecule has 0 aliphatic carbocycles. The summed E-state index contributed by atoms with van der Waals surface area (Å²) in [5, 5.41) is 6.51. The van der Waals surface area contributed by atoms with Crippen molar-refractivity contribution < 1.29 is 0 Å². The van der Waals surface area contributed by atoms with Gasteiger partial charge in [0.05, 0.1) is 11.2 Å². The molecule has 0 atom stereocenters. The molecule has 1 heterocycles. The van der Waals surface area contributed by atoms with Gasteiger partial charge in [-0.15, -0.1) is 0 Å². The molecule has 1 nitrogen and oxygen atoms in total. The zero-order valence-corrected chi connectivity index (χ0v) is 23.1. The molecule has 7 rings (SSSR count). The van der Waals surface area contributed by atoms with E-state index in [1.54, 1.807) is 0 Å². The van der Waals surface area contributed by atoms with Gasteiger partial charge in [0, 0.05) is 16.6 Å². The Labute approximate surface area is 231 Å². The van der Waals surface area contributed by atoms with E-state index in [2.05, 4.69) is 146 Å². The summed E-state index contributed by atoms with van der Waals surface area (Å²) in [5.74, 6) is 0. The van der Waals surface area contributed by atoms with E-state index in [-0.39, 0.29) is 0 Å². The van der Waals surface area contributed by atoms with Gasteiger partial charge in [-0.05, 0) is 81.9 Å². The lowest BCUT2D eigenvalue weighted by Gasteiger charge is -2.19. The summed E-state index contributed by atoms with van der Waals surface area (Å²) in [6.45, 7) is 8.57. The molecule has 0 unspecified atom stereocenters. The quantitative estimate of drug-likeness (QED) is 0.211. The fourth-order valence-electron chi connectivity index (χ4n) is 6.02. The van der Waals surface area contributed by atoms with Crippen LogP contribution in [0.2, 0.25) is 0 Å². The SMILES string of the molecule is CC.Cc1c(-c2c(C)c3cc(-c4ccccc4)ccc3n2-c2ccccc2)c2ccccc2c2ccccc12. The third-order valence-electron chi connectivity index (χ3n) is 7.77. The average molecular weight is 504 g/mol. The normalized spacial score (nSPS) is 11.1. The fraction of sp³-hybridized carbons (Fsp3) is 0.105. The molecule has 190 valence electrons. The minimum Gasteiger partial charge on any atom is -0.309 e. The Morgan fingerprint density at radius 2 is 0.974 bits per heavy atom. The van der Waals surface area contributed by atoms with Crippen LogP contribution in [-0.4, -0.2) is 4.57 Å². The molecule has 0 saturated heterocycles. The number of nitrogens with zero attached hydrogens (tertiary/aromatic N) is 1. The summed E-state index contributed by atoms with van der Waals surface area (Å²) in [6, 6.07) is 46.0. The predicted molar refractivity (Wildman–Crippen MR) is 170 cm³/mol. The van der Waals surface area contributed by atoms with E-state index in [0.717, 1.165) is 0 Å². The lowest BCUT2D eigenvalue weighted by atomic mass is 9.89. The first-order chi connectivity index (χ1) is 19.2. The van der Waals surface area contributed by atoms with Crippen LogP contribution in [0.15, 0.2) is 127 Å². The minimum absolute atomic E-state index is 1.18. The molecule has 0 fully saturated rings. The van der Waals surface area contributed by atoms with Crippen LogP contribution < -0.4 is 0 Å². The van der Waals surface area contributed by atoms with Crippen LogP contribution >= 0.6 is 0 Å². The van der Waals surface area contributed by atoms with Crippen molar-refractivity contribution in [1.29, 1.82) is 0 Å². The zero-order valence-electron chi connectivity index (χ0n) is 23.1. The highest BCUT2D eigenvalue weighted by Gasteiger charge is 2.22. The molecule has 0 amide bonds. The standard InChI is InChI=1S/C36H27N.C2H6/c1-24-29-17-9-10-18-30(29)31-19-11-12-20-32(31)35(24)36-25(2)33-23-27(26-13-5-3-6-14-26)21-22-34(33)37(36)28-15-7-4-8-16-28;1-2/h3-23H,1-2H3;1-2H3. The smallest absolute Gasteiger partial charge is 0.0579 e.